The van der Waals surface area contributed by atoms with Crippen molar-refractivity contribution >= 4 is 10.0 Å². The van der Waals surface area contributed by atoms with Gasteiger partial charge in [-0.2, -0.15) is 0 Å². The maximum Gasteiger partial charge on any atom is 0.209 e. The number of nitrogens with two attached hydrogens (primary N) is 1. The van der Waals surface area contributed by atoms with Crippen molar-refractivity contribution in [2.75, 3.05) is 5.75 Å². The van der Waals surface area contributed by atoms with Gasteiger partial charge in [-0.15, -0.1) is 0 Å². The summed E-state index contributed by atoms with van der Waals surface area (Å²) in [6.45, 7) is 0. The zero-order valence-corrected chi connectivity index (χ0v) is 8.19. The van der Waals surface area contributed by atoms with Crippen LogP contribution in [0.25, 0.3) is 0 Å². The smallest absolute Gasteiger partial charge is 0.209 e. The van der Waals surface area contributed by atoms with Crippen molar-refractivity contribution < 1.29 is 12.8 Å². The molecule has 2 saturated carbocycles. The minimum absolute atomic E-state index is 0.0751. The molecule has 2 rings (SSSR count). The standard InChI is InChI=1S/C8H14FNO2S/c9-7-3-8(4-7)1-6(2-8)5-13(10,11)12/h6-7H,1-5H2,(H2,10,11,12). The Morgan fingerprint density at radius 2 is 1.85 bits per heavy atom. The molecule has 0 bridgehead atoms. The first-order chi connectivity index (χ1) is 5.89. The average Bonchev–Trinajstić information content (AvgIpc) is 1.76. The van der Waals surface area contributed by atoms with Gasteiger partial charge in [0.2, 0.25) is 10.0 Å². The van der Waals surface area contributed by atoms with Crippen LogP contribution >= 0.6 is 0 Å². The first-order valence-electron chi connectivity index (χ1n) is 4.53. The predicted octanol–water partition coefficient (Wildman–Crippen LogP) is 0.803. The minimum Gasteiger partial charge on any atom is -0.247 e. The monoisotopic (exact) mass is 207 g/mol. The van der Waals surface area contributed by atoms with Crippen LogP contribution < -0.4 is 5.14 Å². The fourth-order valence-electron chi connectivity index (χ4n) is 2.82. The van der Waals surface area contributed by atoms with Gasteiger partial charge >= 0.3 is 0 Å². The van der Waals surface area contributed by atoms with Gasteiger partial charge in [0.1, 0.15) is 6.17 Å². The van der Waals surface area contributed by atoms with E-state index >= 15 is 0 Å². The molecule has 3 nitrogen and oxygen atoms in total. The molecule has 2 fully saturated rings. The molecule has 2 aliphatic rings. The molecule has 0 radical (unpaired) electrons. The van der Waals surface area contributed by atoms with Crippen molar-refractivity contribution in [2.45, 2.75) is 31.9 Å². The zero-order chi connectivity index (χ0) is 9.69. The summed E-state index contributed by atoms with van der Waals surface area (Å²) in [5.74, 6) is 0.258. The Morgan fingerprint density at radius 1 is 1.31 bits per heavy atom. The topological polar surface area (TPSA) is 60.2 Å². The number of alkyl halides is 1. The number of hydrogen-bond acceptors (Lipinski definition) is 2. The summed E-state index contributed by atoms with van der Waals surface area (Å²) >= 11 is 0. The first kappa shape index (κ1) is 9.40. The molecule has 13 heavy (non-hydrogen) atoms. The largest absolute Gasteiger partial charge is 0.247 e. The van der Waals surface area contributed by atoms with Crippen molar-refractivity contribution in [1.29, 1.82) is 0 Å². The second kappa shape index (κ2) is 2.67. The van der Waals surface area contributed by atoms with Crippen molar-refractivity contribution in [3.05, 3.63) is 0 Å². The Bertz CT molecular complexity index is 300. The molecule has 0 heterocycles. The molecule has 0 saturated heterocycles. The molecule has 1 spiro atoms. The molecule has 0 aromatic heterocycles. The van der Waals surface area contributed by atoms with E-state index in [2.05, 4.69) is 0 Å². The number of sulfonamides is 1. The summed E-state index contributed by atoms with van der Waals surface area (Å²) in [5.41, 5.74) is 0.161. The molecule has 0 aliphatic heterocycles. The minimum atomic E-state index is -3.33. The van der Waals surface area contributed by atoms with E-state index in [4.69, 9.17) is 5.14 Å². The lowest BCUT2D eigenvalue weighted by Gasteiger charge is -2.55. The van der Waals surface area contributed by atoms with Crippen LogP contribution in [-0.2, 0) is 10.0 Å². The number of halogens is 1. The molecule has 2 aliphatic carbocycles. The highest BCUT2D eigenvalue weighted by Crippen LogP contribution is 2.59. The average molecular weight is 207 g/mol. The molecule has 0 amide bonds. The molecule has 5 heteroatoms. The van der Waals surface area contributed by atoms with Gasteiger partial charge in [-0.3, -0.25) is 0 Å². The van der Waals surface area contributed by atoms with Crippen LogP contribution in [0.5, 0.6) is 0 Å². The third kappa shape index (κ3) is 1.86. The van der Waals surface area contributed by atoms with Crippen LogP contribution in [0.4, 0.5) is 4.39 Å². The molecule has 0 atom stereocenters. The van der Waals surface area contributed by atoms with Gasteiger partial charge in [0.15, 0.2) is 0 Å². The molecular weight excluding hydrogens is 193 g/mol. The third-order valence-electron chi connectivity index (χ3n) is 3.22. The van der Waals surface area contributed by atoms with Gasteiger partial charge in [0.05, 0.1) is 5.75 Å². The van der Waals surface area contributed by atoms with Gasteiger partial charge in [-0.05, 0) is 37.0 Å². The maximum atomic E-state index is 12.6. The Morgan fingerprint density at radius 3 is 2.23 bits per heavy atom. The molecular formula is C8H14FNO2S. The molecule has 0 aromatic rings. The van der Waals surface area contributed by atoms with E-state index in [1.165, 1.54) is 0 Å². The van der Waals surface area contributed by atoms with E-state index in [1.807, 2.05) is 0 Å². The summed E-state index contributed by atoms with van der Waals surface area (Å²) in [5, 5.41) is 4.92. The van der Waals surface area contributed by atoms with Crippen molar-refractivity contribution in [1.82, 2.24) is 0 Å². The van der Waals surface area contributed by atoms with Crippen molar-refractivity contribution in [3.63, 3.8) is 0 Å². The zero-order valence-electron chi connectivity index (χ0n) is 7.37. The fraction of sp³-hybridized carbons (Fsp3) is 1.00. The lowest BCUT2D eigenvalue weighted by atomic mass is 9.51. The fourth-order valence-corrected chi connectivity index (χ4v) is 3.72. The van der Waals surface area contributed by atoms with Crippen LogP contribution in [0.1, 0.15) is 25.7 Å². The second-order valence-electron chi connectivity index (χ2n) is 4.61. The normalized spacial score (nSPS) is 44.2. The van der Waals surface area contributed by atoms with Gasteiger partial charge < -0.3 is 0 Å². The Hall–Kier alpha value is -0.160. The Kier molecular flexibility index (Phi) is 1.93. The summed E-state index contributed by atoms with van der Waals surface area (Å²) in [4.78, 5) is 0. The van der Waals surface area contributed by atoms with Crippen LogP contribution in [0.15, 0.2) is 0 Å². The van der Waals surface area contributed by atoms with E-state index in [9.17, 15) is 12.8 Å². The quantitative estimate of drug-likeness (QED) is 0.728. The summed E-state index contributed by atoms with van der Waals surface area (Å²) < 4.78 is 34.0. The number of rotatable bonds is 2. The second-order valence-corrected chi connectivity index (χ2v) is 6.27. The van der Waals surface area contributed by atoms with Gasteiger partial charge in [0.25, 0.3) is 0 Å². The Balaban J connectivity index is 1.80. The van der Waals surface area contributed by atoms with Gasteiger partial charge in [-0.25, -0.2) is 17.9 Å². The lowest BCUT2D eigenvalue weighted by molar-refractivity contribution is -0.0720. The van der Waals surface area contributed by atoms with E-state index in [-0.39, 0.29) is 17.1 Å². The molecule has 2 N–H and O–H groups in total. The van der Waals surface area contributed by atoms with Crippen molar-refractivity contribution in [2.24, 2.45) is 16.5 Å². The highest BCUT2D eigenvalue weighted by molar-refractivity contribution is 7.89. The van der Waals surface area contributed by atoms with E-state index in [0.717, 1.165) is 12.8 Å². The summed E-state index contributed by atoms with van der Waals surface area (Å²) in [6.07, 6.45) is 2.33. The Labute approximate surface area is 77.5 Å². The number of primary sulfonamides is 1. The number of hydrogen-bond donors (Lipinski definition) is 1. The van der Waals surface area contributed by atoms with E-state index in [1.54, 1.807) is 0 Å². The van der Waals surface area contributed by atoms with Gasteiger partial charge in [-0.1, -0.05) is 0 Å². The highest BCUT2D eigenvalue weighted by atomic mass is 32.2. The van der Waals surface area contributed by atoms with Gasteiger partial charge in [0, 0.05) is 0 Å². The predicted molar refractivity (Wildman–Crippen MR) is 47.3 cm³/mol. The van der Waals surface area contributed by atoms with Crippen LogP contribution in [0.2, 0.25) is 0 Å². The summed E-state index contributed by atoms with van der Waals surface area (Å²) in [6, 6.07) is 0. The molecule has 0 unspecified atom stereocenters. The van der Waals surface area contributed by atoms with Crippen LogP contribution in [0.3, 0.4) is 0 Å². The molecule has 76 valence electrons. The lowest BCUT2D eigenvalue weighted by Crippen LogP contribution is -2.50. The molecule has 0 aromatic carbocycles. The first-order valence-corrected chi connectivity index (χ1v) is 6.25. The third-order valence-corrected chi connectivity index (χ3v) is 4.16. The van der Waals surface area contributed by atoms with Crippen molar-refractivity contribution in [3.8, 4) is 0 Å². The van der Waals surface area contributed by atoms with Crippen LogP contribution in [0, 0.1) is 11.3 Å². The van der Waals surface area contributed by atoms with E-state index < -0.39 is 16.2 Å². The SMILES string of the molecule is NS(=O)(=O)CC1CC2(CC(F)C2)C1. The maximum absolute atomic E-state index is 12.6. The van der Waals surface area contributed by atoms with Crippen LogP contribution in [-0.4, -0.2) is 20.3 Å². The van der Waals surface area contributed by atoms with E-state index in [0.29, 0.717) is 12.8 Å². The highest BCUT2D eigenvalue weighted by Gasteiger charge is 2.53. The summed E-state index contributed by atoms with van der Waals surface area (Å²) in [7, 11) is -3.33.